The molecule has 1 aliphatic rings. The van der Waals surface area contributed by atoms with E-state index in [1.54, 1.807) is 0 Å². The van der Waals surface area contributed by atoms with Crippen molar-refractivity contribution >= 4 is 11.9 Å². The number of imide groups is 1. The Morgan fingerprint density at radius 1 is 1.12 bits per heavy atom. The van der Waals surface area contributed by atoms with Crippen LogP contribution in [0, 0.1) is 5.92 Å². The maximum absolute atomic E-state index is 11.6. The van der Waals surface area contributed by atoms with Crippen molar-refractivity contribution in [2.75, 3.05) is 19.6 Å². The van der Waals surface area contributed by atoms with Crippen LogP contribution >= 0.6 is 0 Å². The van der Waals surface area contributed by atoms with Crippen LogP contribution in [0.5, 0.6) is 0 Å². The Labute approximate surface area is 151 Å². The molecule has 2 N–H and O–H groups in total. The van der Waals surface area contributed by atoms with Crippen molar-refractivity contribution < 1.29 is 9.59 Å². The molecule has 1 aromatic carbocycles. The van der Waals surface area contributed by atoms with E-state index in [2.05, 4.69) is 62.6 Å². The van der Waals surface area contributed by atoms with Crippen LogP contribution in [0.2, 0.25) is 0 Å². The molecule has 25 heavy (non-hydrogen) atoms. The van der Waals surface area contributed by atoms with Gasteiger partial charge in [-0.2, -0.15) is 0 Å². The Bertz CT molecular complexity index is 567. The summed E-state index contributed by atoms with van der Waals surface area (Å²) in [6.07, 6.45) is 1.90. The lowest BCUT2D eigenvalue weighted by molar-refractivity contribution is -0.125. The normalized spacial score (nSPS) is 17.1. The average molecular weight is 345 g/mol. The summed E-state index contributed by atoms with van der Waals surface area (Å²) in [5.74, 6) is 0.917. The molecule has 0 bridgehead atoms. The Kier molecular flexibility index (Phi) is 7.00. The predicted octanol–water partition coefficient (Wildman–Crippen LogP) is 3.43. The number of amides is 3. The largest absolute Gasteiger partial charge is 0.329 e. The second-order valence-electron chi connectivity index (χ2n) is 7.21. The van der Waals surface area contributed by atoms with Gasteiger partial charge in [0.15, 0.2) is 0 Å². The molecule has 5 nitrogen and oxygen atoms in total. The maximum atomic E-state index is 11.6. The van der Waals surface area contributed by atoms with Gasteiger partial charge in [-0.15, -0.1) is 0 Å². The van der Waals surface area contributed by atoms with Crippen molar-refractivity contribution in [3.63, 3.8) is 0 Å². The van der Waals surface area contributed by atoms with Crippen LogP contribution < -0.4 is 10.6 Å². The summed E-state index contributed by atoms with van der Waals surface area (Å²) >= 11 is 0. The summed E-state index contributed by atoms with van der Waals surface area (Å²) in [6.45, 7) is 10.2. The van der Waals surface area contributed by atoms with E-state index in [0.29, 0.717) is 18.4 Å². The number of nitrogens with zero attached hydrogens (tertiary/aromatic N) is 1. The van der Waals surface area contributed by atoms with Crippen molar-refractivity contribution in [2.24, 2.45) is 5.92 Å². The Balaban J connectivity index is 1.88. The molecule has 0 saturated carbocycles. The van der Waals surface area contributed by atoms with Gasteiger partial charge >= 0.3 is 6.03 Å². The number of benzene rings is 1. The monoisotopic (exact) mass is 345 g/mol. The minimum Gasteiger partial charge on any atom is -0.329 e. The Morgan fingerprint density at radius 2 is 1.76 bits per heavy atom. The van der Waals surface area contributed by atoms with Crippen molar-refractivity contribution in [2.45, 2.75) is 52.5 Å². The molecule has 0 aliphatic carbocycles. The molecule has 138 valence electrons. The lowest BCUT2D eigenvalue weighted by Gasteiger charge is -2.24. The fourth-order valence-corrected chi connectivity index (χ4v) is 3.18. The molecule has 1 fully saturated rings. The van der Waals surface area contributed by atoms with E-state index in [4.69, 9.17) is 0 Å². The Hall–Kier alpha value is -1.88. The quantitative estimate of drug-likeness (QED) is 0.532. The smallest absolute Gasteiger partial charge is 0.324 e. The van der Waals surface area contributed by atoms with Crippen molar-refractivity contribution in [1.29, 1.82) is 0 Å². The van der Waals surface area contributed by atoms with Crippen LogP contribution in [0.4, 0.5) is 4.79 Å². The first kappa shape index (κ1) is 19.4. The number of urea groups is 1. The highest BCUT2D eigenvalue weighted by Gasteiger charge is 2.27. The standard InChI is InChI=1S/C20H31N3O2/c1-5-15(4)16-7-9-17(10-8-16)19(14(2)3)21-11-6-12-23-18(24)13-22-20(23)25/h7-10,14-15,19,21H,5-6,11-13H2,1-4H3,(H,22,25). The second kappa shape index (κ2) is 8.99. The van der Waals surface area contributed by atoms with Crippen molar-refractivity contribution in [3.05, 3.63) is 35.4 Å². The summed E-state index contributed by atoms with van der Waals surface area (Å²) in [4.78, 5) is 24.4. The molecule has 5 heteroatoms. The van der Waals surface area contributed by atoms with Crippen molar-refractivity contribution in [3.8, 4) is 0 Å². The van der Waals surface area contributed by atoms with Gasteiger partial charge in [0, 0.05) is 12.6 Å². The minimum atomic E-state index is -0.272. The third-order valence-corrected chi connectivity index (χ3v) is 5.00. The molecule has 3 amide bonds. The van der Waals surface area contributed by atoms with E-state index in [-0.39, 0.29) is 24.5 Å². The van der Waals surface area contributed by atoms with Gasteiger partial charge in [0.05, 0.1) is 6.54 Å². The topological polar surface area (TPSA) is 61.4 Å². The van der Waals surface area contributed by atoms with Gasteiger partial charge < -0.3 is 10.6 Å². The first-order valence-corrected chi connectivity index (χ1v) is 9.35. The molecule has 1 aliphatic heterocycles. The molecule has 1 saturated heterocycles. The molecule has 0 aromatic heterocycles. The zero-order valence-electron chi connectivity index (χ0n) is 15.8. The molecular weight excluding hydrogens is 314 g/mol. The number of carbonyl (C=O) groups is 2. The lowest BCUT2D eigenvalue weighted by Crippen LogP contribution is -2.34. The van der Waals surface area contributed by atoms with E-state index in [9.17, 15) is 9.59 Å². The Morgan fingerprint density at radius 3 is 2.28 bits per heavy atom. The fourth-order valence-electron chi connectivity index (χ4n) is 3.18. The summed E-state index contributed by atoms with van der Waals surface area (Å²) in [7, 11) is 0. The van der Waals surface area contributed by atoms with Crippen LogP contribution in [-0.4, -0.2) is 36.5 Å². The van der Waals surface area contributed by atoms with Gasteiger partial charge in [0.2, 0.25) is 5.91 Å². The molecule has 1 aromatic rings. The first-order valence-electron chi connectivity index (χ1n) is 9.35. The van der Waals surface area contributed by atoms with Gasteiger partial charge in [-0.1, -0.05) is 52.0 Å². The SMILES string of the molecule is CCC(C)c1ccc(C(NCCCN2C(=O)CNC2=O)C(C)C)cc1. The molecular formula is C20H31N3O2. The van der Waals surface area contributed by atoms with Crippen LogP contribution in [0.1, 0.15) is 63.6 Å². The molecule has 1 heterocycles. The van der Waals surface area contributed by atoms with Gasteiger partial charge in [0.25, 0.3) is 0 Å². The third kappa shape index (κ3) is 5.05. The summed E-state index contributed by atoms with van der Waals surface area (Å²) in [5, 5.41) is 6.13. The minimum absolute atomic E-state index is 0.128. The summed E-state index contributed by atoms with van der Waals surface area (Å²) in [5.41, 5.74) is 2.67. The van der Waals surface area contributed by atoms with E-state index in [0.717, 1.165) is 19.4 Å². The number of nitrogens with one attached hydrogen (secondary N) is 2. The predicted molar refractivity (Wildman–Crippen MR) is 100 cm³/mol. The number of carbonyl (C=O) groups excluding carboxylic acids is 2. The molecule has 2 unspecified atom stereocenters. The molecule has 0 spiro atoms. The fraction of sp³-hybridized carbons (Fsp3) is 0.600. The first-order chi connectivity index (χ1) is 11.9. The van der Waals surface area contributed by atoms with Gasteiger partial charge in [-0.05, 0) is 42.3 Å². The van der Waals surface area contributed by atoms with E-state index < -0.39 is 0 Å². The highest BCUT2D eigenvalue weighted by molar-refractivity contribution is 6.01. The highest BCUT2D eigenvalue weighted by atomic mass is 16.2. The zero-order valence-corrected chi connectivity index (χ0v) is 15.8. The summed E-state index contributed by atoms with van der Waals surface area (Å²) in [6, 6.07) is 8.90. The summed E-state index contributed by atoms with van der Waals surface area (Å²) < 4.78 is 0. The lowest BCUT2D eigenvalue weighted by atomic mass is 9.92. The number of hydrogen-bond donors (Lipinski definition) is 2. The number of hydrogen-bond acceptors (Lipinski definition) is 3. The maximum Gasteiger partial charge on any atom is 0.324 e. The second-order valence-corrected chi connectivity index (χ2v) is 7.21. The van der Waals surface area contributed by atoms with Crippen LogP contribution in [-0.2, 0) is 4.79 Å². The zero-order chi connectivity index (χ0) is 18.4. The van der Waals surface area contributed by atoms with Gasteiger partial charge in [-0.3, -0.25) is 9.69 Å². The van der Waals surface area contributed by atoms with Crippen LogP contribution in [0.3, 0.4) is 0 Å². The third-order valence-electron chi connectivity index (χ3n) is 5.00. The highest BCUT2D eigenvalue weighted by Crippen LogP contribution is 2.25. The molecule has 2 rings (SSSR count). The van der Waals surface area contributed by atoms with E-state index >= 15 is 0 Å². The van der Waals surface area contributed by atoms with Gasteiger partial charge in [-0.25, -0.2) is 4.79 Å². The molecule has 0 radical (unpaired) electrons. The number of rotatable bonds is 9. The molecule has 2 atom stereocenters. The van der Waals surface area contributed by atoms with E-state index in [1.807, 2.05) is 0 Å². The average Bonchev–Trinajstić information content (AvgIpc) is 2.92. The van der Waals surface area contributed by atoms with Crippen LogP contribution in [0.25, 0.3) is 0 Å². The van der Waals surface area contributed by atoms with Crippen molar-refractivity contribution in [1.82, 2.24) is 15.5 Å². The van der Waals surface area contributed by atoms with Gasteiger partial charge in [0.1, 0.15) is 0 Å². The van der Waals surface area contributed by atoms with E-state index in [1.165, 1.54) is 16.0 Å². The van der Waals surface area contributed by atoms with Crippen LogP contribution in [0.15, 0.2) is 24.3 Å².